The first-order valence-electron chi connectivity index (χ1n) is 7.34. The summed E-state index contributed by atoms with van der Waals surface area (Å²) in [6.45, 7) is 3.62. The van der Waals surface area contributed by atoms with Crippen LogP contribution in [-0.2, 0) is 18.6 Å². The molecule has 0 heterocycles. The lowest BCUT2D eigenvalue weighted by Gasteiger charge is -2.35. The number of phosphoric acid groups is 1. The van der Waals surface area contributed by atoms with E-state index in [1.165, 1.54) is 6.08 Å². The minimum atomic E-state index is -4.52. The van der Waals surface area contributed by atoms with Gasteiger partial charge < -0.3 is 19.0 Å². The second-order valence-electron chi connectivity index (χ2n) is 6.14. The summed E-state index contributed by atoms with van der Waals surface area (Å²) in [5.74, 6) is -0.406. The van der Waals surface area contributed by atoms with Gasteiger partial charge in [-0.1, -0.05) is 19.4 Å². The van der Waals surface area contributed by atoms with Crippen molar-refractivity contribution in [2.75, 3.05) is 27.7 Å². The van der Waals surface area contributed by atoms with Crippen LogP contribution in [0.4, 0.5) is 0 Å². The highest BCUT2D eigenvalue weighted by molar-refractivity contribution is 7.46. The van der Waals surface area contributed by atoms with E-state index in [1.54, 1.807) is 13.0 Å². The van der Waals surface area contributed by atoms with Gasteiger partial charge in [0, 0.05) is 12.5 Å². The monoisotopic (exact) mass is 338 g/mol. The maximum atomic E-state index is 11.6. The molecular formula is C14H29NO6P+. The number of esters is 1. The Balaban J connectivity index is 4.89. The van der Waals surface area contributed by atoms with Gasteiger partial charge in [-0.25, -0.2) is 9.36 Å². The van der Waals surface area contributed by atoms with Crippen molar-refractivity contribution in [1.29, 1.82) is 0 Å². The molecule has 0 aliphatic carbocycles. The van der Waals surface area contributed by atoms with Crippen LogP contribution in [0.2, 0.25) is 0 Å². The molecule has 0 saturated carbocycles. The van der Waals surface area contributed by atoms with Gasteiger partial charge >= 0.3 is 13.8 Å². The van der Waals surface area contributed by atoms with Crippen LogP contribution in [0, 0.1) is 0 Å². The number of rotatable bonds is 10. The van der Waals surface area contributed by atoms with Crippen LogP contribution in [0.1, 0.15) is 33.1 Å². The smallest absolute Gasteiger partial charge is 0.459 e. The number of quaternary nitrogens is 1. The summed E-state index contributed by atoms with van der Waals surface area (Å²) in [5.41, 5.74) is 0. The zero-order valence-corrected chi connectivity index (χ0v) is 15.0. The van der Waals surface area contributed by atoms with E-state index in [-0.39, 0.29) is 18.8 Å². The molecule has 8 heteroatoms. The molecule has 0 aliphatic heterocycles. The normalized spacial score (nSPS) is 15.8. The van der Waals surface area contributed by atoms with Crippen LogP contribution < -0.4 is 0 Å². The summed E-state index contributed by atoms with van der Waals surface area (Å²) in [6.07, 6.45) is 4.67. The molecule has 22 heavy (non-hydrogen) atoms. The van der Waals surface area contributed by atoms with Crippen LogP contribution in [-0.4, -0.2) is 60.1 Å². The van der Waals surface area contributed by atoms with Crippen LogP contribution in [0.15, 0.2) is 12.2 Å². The molecule has 0 aromatic rings. The predicted molar refractivity (Wildman–Crippen MR) is 84.0 cm³/mol. The maximum absolute atomic E-state index is 11.6. The molecule has 0 spiro atoms. The van der Waals surface area contributed by atoms with Gasteiger partial charge in [0.05, 0.1) is 21.1 Å². The lowest BCUT2D eigenvalue weighted by atomic mass is 10.0. The van der Waals surface area contributed by atoms with E-state index in [0.29, 0.717) is 17.3 Å². The summed E-state index contributed by atoms with van der Waals surface area (Å²) in [7, 11) is 1.21. The van der Waals surface area contributed by atoms with Crippen molar-refractivity contribution in [3.63, 3.8) is 0 Å². The Hall–Kier alpha value is -0.720. The molecule has 0 aliphatic rings. The zero-order valence-electron chi connectivity index (χ0n) is 14.1. The second kappa shape index (κ2) is 9.43. The van der Waals surface area contributed by atoms with Gasteiger partial charge in [-0.15, -0.1) is 0 Å². The first kappa shape index (κ1) is 21.3. The van der Waals surface area contributed by atoms with Crippen molar-refractivity contribution in [3.05, 3.63) is 12.2 Å². The van der Waals surface area contributed by atoms with E-state index in [4.69, 9.17) is 14.5 Å². The third-order valence-corrected chi connectivity index (χ3v) is 3.75. The predicted octanol–water partition coefficient (Wildman–Crippen LogP) is 1.85. The quantitative estimate of drug-likeness (QED) is 0.273. The van der Waals surface area contributed by atoms with E-state index in [9.17, 15) is 9.36 Å². The lowest BCUT2D eigenvalue weighted by Crippen LogP contribution is -2.49. The fourth-order valence-electron chi connectivity index (χ4n) is 1.98. The average Bonchev–Trinajstić information content (AvgIpc) is 2.32. The number of allylic oxidation sites excluding steroid dienone is 1. The zero-order chi connectivity index (χ0) is 17.4. The van der Waals surface area contributed by atoms with Crippen molar-refractivity contribution in [2.24, 2.45) is 0 Å². The Bertz CT molecular complexity index is 412. The summed E-state index contributed by atoms with van der Waals surface area (Å²) < 4.78 is 21.4. The Kier molecular flexibility index (Phi) is 9.12. The minimum Gasteiger partial charge on any atom is -0.459 e. The van der Waals surface area contributed by atoms with Gasteiger partial charge in [0.1, 0.15) is 18.8 Å². The third-order valence-electron chi connectivity index (χ3n) is 3.26. The number of phosphoric ester groups is 1. The largest absolute Gasteiger partial charge is 0.469 e. The molecule has 0 bridgehead atoms. The number of likely N-dealkylation sites (N-methyl/N-ethyl adjacent to an activating group) is 1. The van der Waals surface area contributed by atoms with Gasteiger partial charge in [-0.05, 0) is 13.3 Å². The van der Waals surface area contributed by atoms with E-state index in [0.717, 1.165) is 6.42 Å². The van der Waals surface area contributed by atoms with Gasteiger partial charge in [-0.3, -0.25) is 4.52 Å². The van der Waals surface area contributed by atoms with Crippen molar-refractivity contribution in [2.45, 2.75) is 45.3 Å². The Labute approximate surface area is 132 Å². The van der Waals surface area contributed by atoms with Gasteiger partial charge in [0.25, 0.3) is 0 Å². The van der Waals surface area contributed by atoms with E-state index < -0.39 is 13.8 Å². The first-order chi connectivity index (χ1) is 9.99. The number of nitrogens with zero attached hydrogens (tertiary/aromatic N) is 1. The second-order valence-corrected chi connectivity index (χ2v) is 7.38. The number of hydrogen-bond acceptors (Lipinski definition) is 4. The van der Waals surface area contributed by atoms with Crippen LogP contribution in [0.25, 0.3) is 0 Å². The summed E-state index contributed by atoms with van der Waals surface area (Å²) in [4.78, 5) is 29.4. The molecule has 0 radical (unpaired) electrons. The van der Waals surface area contributed by atoms with Crippen molar-refractivity contribution >= 4 is 13.8 Å². The molecule has 130 valence electrons. The SMILES string of the molecule is CC=CC(=O)OC(CCC)CC(COP(=O)(O)O)[N+](C)(C)C. The summed E-state index contributed by atoms with van der Waals surface area (Å²) in [6, 6.07) is -0.206. The number of ether oxygens (including phenoxy) is 1. The highest BCUT2D eigenvalue weighted by Gasteiger charge is 2.31. The number of hydrogen-bond donors (Lipinski definition) is 2. The number of carbonyl (C=O) groups excluding carboxylic acids is 1. The fraction of sp³-hybridized carbons (Fsp3) is 0.786. The maximum Gasteiger partial charge on any atom is 0.469 e. The molecular weight excluding hydrogens is 309 g/mol. The minimum absolute atomic E-state index is 0.102. The molecule has 0 aromatic carbocycles. The van der Waals surface area contributed by atoms with E-state index in [1.807, 2.05) is 28.1 Å². The Morgan fingerprint density at radius 1 is 1.32 bits per heavy atom. The van der Waals surface area contributed by atoms with Gasteiger partial charge in [0.2, 0.25) is 0 Å². The Morgan fingerprint density at radius 3 is 2.32 bits per heavy atom. The molecule has 0 fully saturated rings. The van der Waals surface area contributed by atoms with Crippen molar-refractivity contribution < 1.29 is 32.9 Å². The topological polar surface area (TPSA) is 93.1 Å². The summed E-state index contributed by atoms with van der Waals surface area (Å²) in [5, 5.41) is 0. The van der Waals surface area contributed by atoms with Gasteiger partial charge in [0.15, 0.2) is 0 Å². The van der Waals surface area contributed by atoms with Crippen LogP contribution in [0.5, 0.6) is 0 Å². The molecule has 0 rings (SSSR count). The van der Waals surface area contributed by atoms with Crippen LogP contribution in [0.3, 0.4) is 0 Å². The number of carbonyl (C=O) groups is 1. The molecule has 0 amide bonds. The fourth-order valence-corrected chi connectivity index (χ4v) is 2.35. The first-order valence-corrected chi connectivity index (χ1v) is 8.87. The standard InChI is InChI=1S/C14H28NO6P/c1-6-8-13(21-14(16)9-7-2)10-12(15(3,4)5)11-20-22(17,18)19/h7,9,12-13H,6,8,10-11H2,1-5H3,(H-,17,18,19)/p+1. The van der Waals surface area contributed by atoms with Crippen LogP contribution >= 0.6 is 7.82 Å². The summed E-state index contributed by atoms with van der Waals surface area (Å²) >= 11 is 0. The molecule has 2 atom stereocenters. The average molecular weight is 338 g/mol. The van der Waals surface area contributed by atoms with E-state index >= 15 is 0 Å². The third kappa shape index (κ3) is 10.1. The lowest BCUT2D eigenvalue weighted by molar-refractivity contribution is -0.897. The Morgan fingerprint density at radius 2 is 1.91 bits per heavy atom. The molecule has 7 nitrogen and oxygen atoms in total. The van der Waals surface area contributed by atoms with E-state index in [2.05, 4.69) is 4.52 Å². The highest BCUT2D eigenvalue weighted by Crippen LogP contribution is 2.36. The van der Waals surface area contributed by atoms with Gasteiger partial charge in [-0.2, -0.15) is 0 Å². The molecule has 2 unspecified atom stereocenters. The van der Waals surface area contributed by atoms with Crippen molar-refractivity contribution in [3.8, 4) is 0 Å². The highest BCUT2D eigenvalue weighted by atomic mass is 31.2. The molecule has 0 saturated heterocycles. The molecule has 2 N–H and O–H groups in total. The molecule has 0 aromatic heterocycles. The van der Waals surface area contributed by atoms with Crippen molar-refractivity contribution in [1.82, 2.24) is 0 Å².